The zero-order chi connectivity index (χ0) is 23.8. The molecule has 172 valence electrons. The zero-order valence-electron chi connectivity index (χ0n) is 19.4. The second-order valence-electron chi connectivity index (χ2n) is 8.66. The lowest BCUT2D eigenvalue weighted by Gasteiger charge is -2.28. The first-order valence-electron chi connectivity index (χ1n) is 11.3. The van der Waals surface area contributed by atoms with Crippen molar-refractivity contribution in [2.45, 2.75) is 39.4 Å². The van der Waals surface area contributed by atoms with Gasteiger partial charge in [0, 0.05) is 47.2 Å². The average molecular weight is 488 g/mol. The van der Waals surface area contributed by atoms with Crippen LogP contribution in [-0.2, 0) is 6.54 Å². The van der Waals surface area contributed by atoms with Crippen molar-refractivity contribution >= 4 is 28.9 Å². The number of benzene rings is 1. The van der Waals surface area contributed by atoms with Gasteiger partial charge in [-0.3, -0.25) is 9.97 Å². The minimum atomic E-state index is -0.0696. The van der Waals surface area contributed by atoms with E-state index in [4.69, 9.17) is 23.8 Å². The first-order valence-corrected chi connectivity index (χ1v) is 12.1. The molecule has 0 spiro atoms. The monoisotopic (exact) mass is 487 g/mol. The molecule has 1 fully saturated rings. The molecule has 1 saturated heterocycles. The first-order chi connectivity index (χ1) is 16.5. The number of nitrogens with zero attached hydrogens (tertiary/aromatic N) is 4. The third-order valence-corrected chi connectivity index (χ3v) is 7.30. The molecule has 3 aromatic heterocycles. The van der Waals surface area contributed by atoms with Crippen LogP contribution in [0.4, 0.5) is 0 Å². The molecule has 5 rings (SSSR count). The van der Waals surface area contributed by atoms with Gasteiger partial charge in [0.2, 0.25) is 0 Å². The highest BCUT2D eigenvalue weighted by Crippen LogP contribution is 2.42. The van der Waals surface area contributed by atoms with Gasteiger partial charge in [0.1, 0.15) is 0 Å². The Hall–Kier alpha value is -3.22. The molecule has 0 bridgehead atoms. The van der Waals surface area contributed by atoms with E-state index in [0.29, 0.717) is 11.7 Å². The van der Waals surface area contributed by atoms with Gasteiger partial charge in [-0.05, 0) is 86.1 Å². The molecule has 5 nitrogen and oxygen atoms in total. The number of hydrogen-bond acceptors (Lipinski definition) is 3. The van der Waals surface area contributed by atoms with Crippen molar-refractivity contribution in [3.05, 3.63) is 112 Å². The summed E-state index contributed by atoms with van der Waals surface area (Å²) < 4.78 is 2.29. The summed E-state index contributed by atoms with van der Waals surface area (Å²) in [5.41, 5.74) is 7.75. The number of hydrogen-bond donors (Lipinski definition) is 1. The Morgan fingerprint density at radius 2 is 1.88 bits per heavy atom. The predicted molar refractivity (Wildman–Crippen MR) is 140 cm³/mol. The summed E-state index contributed by atoms with van der Waals surface area (Å²) in [7, 11) is 0. The quantitative estimate of drug-likeness (QED) is 0.349. The Kier molecular flexibility index (Phi) is 6.11. The lowest BCUT2D eigenvalue weighted by molar-refractivity contribution is 0.310. The summed E-state index contributed by atoms with van der Waals surface area (Å²) >= 11 is 12.3. The van der Waals surface area contributed by atoms with Crippen LogP contribution in [0.3, 0.4) is 0 Å². The standard InChI is InChI=1S/C27H26ClN5S/c1-17-14-21(19(3)33(17)24-11-6-9-22(28)18(24)2)26-25(23-10-4-5-13-30-23)31-27(34)32(26)16-20-8-7-12-29-15-20/h4-15,25-26H,16H2,1-3H3,(H,31,34)/t25-,26-/m1/s1. The fourth-order valence-corrected chi connectivity index (χ4v) is 5.37. The molecular formula is C27H26ClN5S. The number of rotatable bonds is 5. The summed E-state index contributed by atoms with van der Waals surface area (Å²) in [5, 5.41) is 5.03. The molecule has 2 atom stereocenters. The van der Waals surface area contributed by atoms with Crippen LogP contribution in [0.1, 0.15) is 45.9 Å². The molecular weight excluding hydrogens is 462 g/mol. The fourth-order valence-electron chi connectivity index (χ4n) is 4.90. The van der Waals surface area contributed by atoms with Crippen LogP contribution in [0.5, 0.6) is 0 Å². The lowest BCUT2D eigenvalue weighted by Crippen LogP contribution is -2.29. The highest BCUT2D eigenvalue weighted by atomic mass is 35.5. The Bertz CT molecular complexity index is 1340. The molecule has 0 radical (unpaired) electrons. The van der Waals surface area contributed by atoms with Crippen molar-refractivity contribution in [3.63, 3.8) is 0 Å². The Morgan fingerprint density at radius 1 is 1.03 bits per heavy atom. The van der Waals surface area contributed by atoms with E-state index in [0.717, 1.165) is 38.9 Å². The minimum Gasteiger partial charge on any atom is -0.352 e. The van der Waals surface area contributed by atoms with Crippen molar-refractivity contribution in [2.75, 3.05) is 0 Å². The molecule has 1 aliphatic rings. The number of pyridine rings is 2. The molecule has 1 aromatic carbocycles. The summed E-state index contributed by atoms with van der Waals surface area (Å²) in [6.45, 7) is 7.03. The van der Waals surface area contributed by atoms with Crippen molar-refractivity contribution in [3.8, 4) is 5.69 Å². The SMILES string of the molecule is Cc1c(Cl)cccc1-n1c(C)cc([C@@H]2[C@@H](c3ccccn3)NC(=S)N2Cc2cccnc2)c1C. The molecule has 34 heavy (non-hydrogen) atoms. The second-order valence-corrected chi connectivity index (χ2v) is 9.46. The molecule has 1 aliphatic heterocycles. The average Bonchev–Trinajstić information content (AvgIpc) is 3.32. The summed E-state index contributed by atoms with van der Waals surface area (Å²) in [4.78, 5) is 11.2. The third-order valence-electron chi connectivity index (χ3n) is 6.54. The molecule has 4 heterocycles. The molecule has 1 N–H and O–H groups in total. The van der Waals surface area contributed by atoms with Gasteiger partial charge in [-0.15, -0.1) is 0 Å². The summed E-state index contributed by atoms with van der Waals surface area (Å²) in [6.07, 6.45) is 5.52. The Balaban J connectivity index is 1.64. The first kappa shape index (κ1) is 22.6. The summed E-state index contributed by atoms with van der Waals surface area (Å²) in [5.74, 6) is 0. The van der Waals surface area contributed by atoms with E-state index in [-0.39, 0.29) is 12.1 Å². The van der Waals surface area contributed by atoms with Crippen LogP contribution in [-0.4, -0.2) is 24.5 Å². The molecule has 4 aromatic rings. The van der Waals surface area contributed by atoms with Crippen LogP contribution < -0.4 is 5.32 Å². The van der Waals surface area contributed by atoms with E-state index in [1.807, 2.05) is 42.7 Å². The Labute approximate surface area is 210 Å². The highest BCUT2D eigenvalue weighted by Gasteiger charge is 2.41. The maximum Gasteiger partial charge on any atom is 0.170 e. The van der Waals surface area contributed by atoms with E-state index in [1.165, 1.54) is 5.56 Å². The van der Waals surface area contributed by atoms with Crippen LogP contribution in [0, 0.1) is 20.8 Å². The predicted octanol–water partition coefficient (Wildman–Crippen LogP) is 6.02. The number of nitrogens with one attached hydrogen (secondary N) is 1. The van der Waals surface area contributed by atoms with Crippen LogP contribution in [0.15, 0.2) is 73.2 Å². The Morgan fingerprint density at radius 3 is 2.62 bits per heavy atom. The van der Waals surface area contributed by atoms with Gasteiger partial charge < -0.3 is 14.8 Å². The van der Waals surface area contributed by atoms with Gasteiger partial charge in [-0.1, -0.05) is 29.8 Å². The molecule has 0 unspecified atom stereocenters. The molecule has 0 saturated carbocycles. The van der Waals surface area contributed by atoms with E-state index in [1.54, 1.807) is 6.20 Å². The number of aromatic nitrogens is 3. The van der Waals surface area contributed by atoms with Crippen LogP contribution >= 0.6 is 23.8 Å². The maximum atomic E-state index is 6.48. The number of thiocarbonyl (C=S) groups is 1. The smallest absolute Gasteiger partial charge is 0.170 e. The topological polar surface area (TPSA) is 46.0 Å². The number of aryl methyl sites for hydroxylation is 1. The number of halogens is 1. The van der Waals surface area contributed by atoms with Gasteiger partial charge in [-0.25, -0.2) is 0 Å². The fraction of sp³-hybridized carbons (Fsp3) is 0.222. The molecule has 0 amide bonds. The maximum absolute atomic E-state index is 6.48. The molecule has 7 heteroatoms. The van der Waals surface area contributed by atoms with Crippen molar-refractivity contribution in [1.29, 1.82) is 0 Å². The summed E-state index contributed by atoms with van der Waals surface area (Å²) in [6, 6.07) is 18.3. The lowest BCUT2D eigenvalue weighted by atomic mass is 9.96. The third kappa shape index (κ3) is 3.97. The van der Waals surface area contributed by atoms with Gasteiger partial charge in [0.25, 0.3) is 0 Å². The van der Waals surface area contributed by atoms with Gasteiger partial charge in [0.05, 0.1) is 17.8 Å². The minimum absolute atomic E-state index is 0.0259. The van der Waals surface area contributed by atoms with Crippen LogP contribution in [0.2, 0.25) is 5.02 Å². The van der Waals surface area contributed by atoms with E-state index >= 15 is 0 Å². The van der Waals surface area contributed by atoms with Gasteiger partial charge >= 0.3 is 0 Å². The van der Waals surface area contributed by atoms with Gasteiger partial charge in [0.15, 0.2) is 5.11 Å². The normalized spacial score (nSPS) is 17.8. The van der Waals surface area contributed by atoms with Crippen molar-refractivity contribution in [1.82, 2.24) is 24.8 Å². The van der Waals surface area contributed by atoms with Crippen LogP contribution in [0.25, 0.3) is 5.69 Å². The van der Waals surface area contributed by atoms with Crippen molar-refractivity contribution in [2.24, 2.45) is 0 Å². The van der Waals surface area contributed by atoms with Crippen molar-refractivity contribution < 1.29 is 0 Å². The largest absolute Gasteiger partial charge is 0.352 e. The highest BCUT2D eigenvalue weighted by molar-refractivity contribution is 7.80. The second kappa shape index (κ2) is 9.20. The van der Waals surface area contributed by atoms with Gasteiger partial charge in [-0.2, -0.15) is 0 Å². The zero-order valence-corrected chi connectivity index (χ0v) is 20.9. The van der Waals surface area contributed by atoms with E-state index < -0.39 is 0 Å². The molecule has 0 aliphatic carbocycles. The van der Waals surface area contributed by atoms with E-state index in [9.17, 15) is 0 Å². The van der Waals surface area contributed by atoms with E-state index in [2.05, 4.69) is 69.8 Å².